The van der Waals surface area contributed by atoms with E-state index >= 15 is 0 Å². The first-order valence-electron chi connectivity index (χ1n) is 15.6. The predicted molar refractivity (Wildman–Crippen MR) is 193 cm³/mol. The number of piperazine rings is 2. The molecule has 2 unspecified atom stereocenters. The molecule has 0 aromatic heterocycles. The van der Waals surface area contributed by atoms with E-state index in [4.69, 9.17) is 0 Å². The topological polar surface area (TPSA) is 186 Å². The Morgan fingerprint density at radius 2 is 1.00 bits per heavy atom. The number of hydrogen-bond donors (Lipinski definition) is 6. The summed E-state index contributed by atoms with van der Waals surface area (Å²) in [7, 11) is 9.25. The third kappa shape index (κ3) is 2.88. The van der Waals surface area contributed by atoms with Gasteiger partial charge in [0.2, 0.25) is 19.5 Å². The highest BCUT2D eigenvalue weighted by atomic mass is 33.5. The maximum atomic E-state index is 15.0. The quantitative estimate of drug-likeness (QED) is 0.237. The van der Waals surface area contributed by atoms with Crippen LogP contribution in [-0.2, 0) is 30.0 Å². The molecule has 20 heteroatoms. The molecule has 10 aliphatic heterocycles. The van der Waals surface area contributed by atoms with Crippen LogP contribution in [-0.4, -0.2) is 135 Å². The van der Waals surface area contributed by atoms with Crippen molar-refractivity contribution in [3.8, 4) is 0 Å². The van der Waals surface area contributed by atoms with Gasteiger partial charge in [0.15, 0.2) is 0 Å². The fourth-order valence-electron chi connectivity index (χ4n) is 10.0. The van der Waals surface area contributed by atoms with Crippen LogP contribution < -0.4 is 10.6 Å². The van der Waals surface area contributed by atoms with Crippen molar-refractivity contribution in [2.24, 2.45) is 0 Å². The van der Waals surface area contributed by atoms with Crippen molar-refractivity contribution in [3.05, 3.63) is 59.7 Å². The minimum Gasteiger partial charge on any atom is -0.392 e. The van der Waals surface area contributed by atoms with E-state index in [0.717, 1.165) is 62.8 Å². The van der Waals surface area contributed by atoms with Crippen LogP contribution in [0.1, 0.15) is 11.1 Å². The number of aliphatic hydroxyl groups is 4. The number of likely N-dealkylation sites (N-methyl/N-ethyl adjacent to an activating group) is 2. The molecule has 14 nitrogen and oxygen atoms in total. The summed E-state index contributed by atoms with van der Waals surface area (Å²) in [5.74, 6) is -2.40. The van der Waals surface area contributed by atoms with Gasteiger partial charge in [0, 0.05) is 25.5 Å². The largest absolute Gasteiger partial charge is 0.392 e. The molecule has 0 radical (unpaired) electrons. The number of para-hydroxylation sites is 2. The number of rotatable bonds is 3. The van der Waals surface area contributed by atoms with Crippen molar-refractivity contribution >= 4 is 97.8 Å². The van der Waals surface area contributed by atoms with Crippen LogP contribution in [0.3, 0.4) is 0 Å². The number of nitrogens with zero attached hydrogens (tertiary/aromatic N) is 4. The number of anilines is 2. The molecule has 10 atom stereocenters. The Labute approximate surface area is 307 Å². The molecule has 8 fully saturated rings. The number of hydrogen-bond acceptors (Lipinski definition) is 16. The van der Waals surface area contributed by atoms with E-state index in [1.807, 2.05) is 0 Å². The van der Waals surface area contributed by atoms with Gasteiger partial charge in [-0.1, -0.05) is 36.4 Å². The number of carbonyl (C=O) groups excluding carboxylic acids is 4. The molecule has 262 valence electrons. The van der Waals surface area contributed by atoms with Crippen molar-refractivity contribution in [3.63, 3.8) is 0 Å². The normalized spacial score (nSPS) is 44.7. The first-order valence-corrected chi connectivity index (χ1v) is 22.5. The molecule has 6 N–H and O–H groups in total. The molecule has 2 aromatic carbocycles. The molecule has 2 aromatic rings. The van der Waals surface area contributed by atoms with E-state index in [1.165, 1.54) is 33.7 Å². The fraction of sp³-hybridized carbons (Fsp3) is 0.467. The van der Waals surface area contributed by atoms with Crippen molar-refractivity contribution in [2.45, 2.75) is 54.9 Å². The van der Waals surface area contributed by atoms with Gasteiger partial charge in [-0.25, -0.2) is 0 Å². The van der Waals surface area contributed by atoms with Gasteiger partial charge in [0.25, 0.3) is 23.6 Å². The Hall–Kier alpha value is -2.14. The molecule has 4 bridgehead atoms. The van der Waals surface area contributed by atoms with Crippen LogP contribution in [0, 0.1) is 0 Å². The molecule has 4 amide bonds. The second-order valence-electron chi connectivity index (χ2n) is 13.6. The zero-order valence-electron chi connectivity index (χ0n) is 26.0. The standard InChI is InChI=1S/C30H28N6O8S6/c1-33-23(43)29-17(39)27(13-7-3-5-9-15(13)31-19(27)35(29)21(41)25(33,11-37)45-49-47-29)28-14-8-4-6-10-16(14)32-20(28)36-22(42)26(12-38)34(2)24(44)30(36,18(28)40)48-50-46-26/h3-10,17-20,31-32,37-40H,11-12H2,1-2H3/t17-,18-,19+,20+,25-,26-,27?,28?,29-,30-/m0/s1. The first kappa shape index (κ1) is 32.5. The maximum Gasteiger partial charge on any atom is 0.265 e. The second kappa shape index (κ2) is 9.88. The molecule has 10 aliphatic rings. The highest BCUT2D eigenvalue weighted by Gasteiger charge is 2.92. The molecule has 12 rings (SSSR count). The average molecular weight is 793 g/mol. The Balaban J connectivity index is 1.34. The summed E-state index contributed by atoms with van der Waals surface area (Å²) in [5, 5.41) is 55.4. The van der Waals surface area contributed by atoms with Gasteiger partial charge >= 0.3 is 0 Å². The zero-order chi connectivity index (χ0) is 35.0. The van der Waals surface area contributed by atoms with Crippen molar-refractivity contribution in [2.75, 3.05) is 37.9 Å². The van der Waals surface area contributed by atoms with Gasteiger partial charge in [0.1, 0.15) is 24.5 Å². The van der Waals surface area contributed by atoms with Crippen LogP contribution in [0.2, 0.25) is 0 Å². The number of fused-ring (bicyclic) bond motifs is 13. The lowest BCUT2D eigenvalue weighted by Gasteiger charge is -2.51. The smallest absolute Gasteiger partial charge is 0.265 e. The Morgan fingerprint density at radius 3 is 1.38 bits per heavy atom. The summed E-state index contributed by atoms with van der Waals surface area (Å²) in [4.78, 5) is 57.5. The third-order valence-electron chi connectivity index (χ3n) is 12.2. The highest BCUT2D eigenvalue weighted by molar-refractivity contribution is 9.10. The van der Waals surface area contributed by atoms with Gasteiger partial charge in [0.05, 0.1) is 24.0 Å². The van der Waals surface area contributed by atoms with Gasteiger partial charge in [-0.2, -0.15) is 0 Å². The van der Waals surface area contributed by atoms with Crippen molar-refractivity contribution in [1.29, 1.82) is 0 Å². The lowest BCUT2D eigenvalue weighted by Crippen LogP contribution is -2.75. The van der Waals surface area contributed by atoms with E-state index in [2.05, 4.69) is 10.6 Å². The zero-order valence-corrected chi connectivity index (χ0v) is 30.9. The van der Waals surface area contributed by atoms with Gasteiger partial charge in [-0.3, -0.25) is 29.0 Å². The molecule has 0 aliphatic carbocycles. The van der Waals surface area contributed by atoms with Crippen LogP contribution >= 0.6 is 62.8 Å². The molecular formula is C30H28N6O8S6. The van der Waals surface area contributed by atoms with Gasteiger partial charge in [-0.05, 0) is 86.1 Å². The molecule has 10 heterocycles. The minimum atomic E-state index is -1.95. The fourth-order valence-corrected chi connectivity index (χ4v) is 21.7. The minimum absolute atomic E-state index is 0.492. The Bertz CT molecular complexity index is 1850. The predicted octanol–water partition coefficient (Wildman–Crippen LogP) is 0.572. The second-order valence-corrected chi connectivity index (χ2v) is 22.4. The number of aliphatic hydroxyl groups excluding tert-OH is 4. The number of nitrogens with one attached hydrogen (secondary N) is 2. The van der Waals surface area contributed by atoms with Crippen LogP contribution in [0.4, 0.5) is 11.4 Å². The molecule has 8 saturated heterocycles. The molecule has 2 spiro atoms. The lowest BCUT2D eigenvalue weighted by atomic mass is 9.52. The van der Waals surface area contributed by atoms with Gasteiger partial charge in [-0.15, -0.1) is 0 Å². The van der Waals surface area contributed by atoms with Crippen molar-refractivity contribution in [1.82, 2.24) is 19.6 Å². The summed E-state index contributed by atoms with van der Waals surface area (Å²) < 4.78 is 0. The molecular weight excluding hydrogens is 765 g/mol. The molecule has 50 heavy (non-hydrogen) atoms. The number of benzene rings is 2. The van der Waals surface area contributed by atoms with Gasteiger partial charge < -0.3 is 40.9 Å². The summed E-state index contributed by atoms with van der Waals surface area (Å²) in [6, 6.07) is 14.3. The van der Waals surface area contributed by atoms with E-state index in [9.17, 15) is 39.6 Å². The first-order chi connectivity index (χ1) is 24.0. The van der Waals surface area contributed by atoms with Crippen LogP contribution in [0.5, 0.6) is 0 Å². The summed E-state index contributed by atoms with van der Waals surface area (Å²) in [5.41, 5.74) is -1.54. The van der Waals surface area contributed by atoms with Crippen LogP contribution in [0.25, 0.3) is 0 Å². The van der Waals surface area contributed by atoms with E-state index in [0.29, 0.717) is 22.5 Å². The van der Waals surface area contributed by atoms with E-state index in [1.54, 1.807) is 48.5 Å². The van der Waals surface area contributed by atoms with Crippen LogP contribution in [0.15, 0.2) is 48.5 Å². The summed E-state index contributed by atoms with van der Waals surface area (Å²) >= 11 is 0. The van der Waals surface area contributed by atoms with E-state index in [-0.39, 0.29) is 0 Å². The maximum absolute atomic E-state index is 15.0. The Kier molecular flexibility index (Phi) is 6.43. The Morgan fingerprint density at radius 1 is 0.620 bits per heavy atom. The van der Waals surface area contributed by atoms with Crippen molar-refractivity contribution < 1.29 is 39.6 Å². The summed E-state index contributed by atoms with van der Waals surface area (Å²) in [6.45, 7) is -1.38. The summed E-state index contributed by atoms with van der Waals surface area (Å²) in [6.07, 6.45) is -5.90. The third-order valence-corrected chi connectivity index (χ3v) is 22.3. The number of amides is 4. The lowest BCUT2D eigenvalue weighted by molar-refractivity contribution is -0.168. The SMILES string of the molecule is CN1C(=O)[C@]23SSS[C@@]1(CO)C(=O)N2[C@H]1Nc2ccccc2C1(C12c4ccccc4N[C@@H]1N1C(=O)[C@]4(CO)SSS[C@]1(C(=O)N4C)[C@H]2O)[C@@H]3O. The average Bonchev–Trinajstić information content (AvgIpc) is 3.65. The monoisotopic (exact) mass is 792 g/mol. The highest BCUT2D eigenvalue weighted by Crippen LogP contribution is 2.78. The molecule has 0 saturated carbocycles. The number of carbonyl (C=O) groups is 4. The van der Waals surface area contributed by atoms with E-state index < -0.39 is 91.7 Å².